The fourth-order valence-corrected chi connectivity index (χ4v) is 3.61. The zero-order valence-corrected chi connectivity index (χ0v) is 17.4. The van der Waals surface area contributed by atoms with E-state index in [1.165, 1.54) is 26.3 Å². The van der Waals surface area contributed by atoms with Crippen molar-refractivity contribution in [1.82, 2.24) is 9.62 Å². The molecule has 0 aliphatic heterocycles. The summed E-state index contributed by atoms with van der Waals surface area (Å²) in [5.74, 6) is 0.931. The lowest BCUT2D eigenvalue weighted by Gasteiger charge is -2.17. The average Bonchev–Trinajstić information content (AvgIpc) is 2.67. The molecule has 28 heavy (non-hydrogen) atoms. The van der Waals surface area contributed by atoms with E-state index >= 15 is 0 Å². The summed E-state index contributed by atoms with van der Waals surface area (Å²) >= 11 is 0. The summed E-state index contributed by atoms with van der Waals surface area (Å²) in [5, 5.41) is 2.67. The van der Waals surface area contributed by atoms with Gasteiger partial charge in [0.1, 0.15) is 18.1 Å². The molecular formula is C20H26N2O5S. The van der Waals surface area contributed by atoms with Crippen LogP contribution < -0.4 is 14.8 Å². The molecule has 0 aliphatic carbocycles. The Labute approximate surface area is 166 Å². The number of rotatable bonds is 9. The molecule has 2 rings (SSSR count). The summed E-state index contributed by atoms with van der Waals surface area (Å²) in [7, 11) is -0.887. The first-order valence-electron chi connectivity index (χ1n) is 8.81. The molecule has 0 heterocycles. The third kappa shape index (κ3) is 5.71. The van der Waals surface area contributed by atoms with Crippen LogP contribution in [0.3, 0.4) is 0 Å². The highest BCUT2D eigenvalue weighted by molar-refractivity contribution is 7.89. The van der Waals surface area contributed by atoms with Crippen LogP contribution in [0.4, 0.5) is 0 Å². The second-order valence-corrected chi connectivity index (χ2v) is 8.45. The van der Waals surface area contributed by atoms with E-state index in [0.29, 0.717) is 12.4 Å². The number of benzene rings is 2. The first-order chi connectivity index (χ1) is 13.2. The quantitative estimate of drug-likeness (QED) is 0.645. The number of carbonyl (C=O) groups excluding carboxylic acids is 1. The first-order valence-corrected chi connectivity index (χ1v) is 10.2. The molecule has 0 atom stereocenters. The SMILES string of the molecule is COc1ccc(S(=O)(=O)N(C)CC(=O)NCCOc2cc(C)ccc2C)cc1. The molecule has 0 fully saturated rings. The fraction of sp³-hybridized carbons (Fsp3) is 0.350. The largest absolute Gasteiger partial charge is 0.497 e. The van der Waals surface area contributed by atoms with Crippen LogP contribution in [0.5, 0.6) is 11.5 Å². The number of aryl methyl sites for hydroxylation is 2. The monoisotopic (exact) mass is 406 g/mol. The minimum atomic E-state index is -3.76. The van der Waals surface area contributed by atoms with E-state index in [0.717, 1.165) is 21.2 Å². The number of likely N-dealkylation sites (N-methyl/N-ethyl adjacent to an activating group) is 1. The summed E-state index contributed by atoms with van der Waals surface area (Å²) in [6.45, 7) is 4.23. The Bertz CT molecular complexity index is 911. The van der Waals surface area contributed by atoms with E-state index in [4.69, 9.17) is 9.47 Å². The van der Waals surface area contributed by atoms with E-state index < -0.39 is 15.9 Å². The Kier molecular flexibility index (Phi) is 7.42. The van der Waals surface area contributed by atoms with Crippen molar-refractivity contribution in [3.8, 4) is 11.5 Å². The smallest absolute Gasteiger partial charge is 0.243 e. The maximum Gasteiger partial charge on any atom is 0.243 e. The van der Waals surface area contributed by atoms with Crippen molar-refractivity contribution in [3.05, 3.63) is 53.6 Å². The summed E-state index contributed by atoms with van der Waals surface area (Å²) < 4.78 is 36.8. The molecule has 0 aliphatic rings. The molecule has 1 N–H and O–H groups in total. The van der Waals surface area contributed by atoms with Crippen LogP contribution in [0.25, 0.3) is 0 Å². The lowest BCUT2D eigenvalue weighted by molar-refractivity contribution is -0.121. The average molecular weight is 407 g/mol. The third-order valence-corrected chi connectivity index (χ3v) is 5.98. The van der Waals surface area contributed by atoms with Crippen molar-refractivity contribution < 1.29 is 22.7 Å². The number of sulfonamides is 1. The number of hydrogen-bond donors (Lipinski definition) is 1. The van der Waals surface area contributed by atoms with Gasteiger partial charge >= 0.3 is 0 Å². The molecule has 0 aromatic heterocycles. The standard InChI is InChI=1S/C20H26N2O5S/c1-15-5-6-16(2)19(13-15)27-12-11-21-20(23)14-22(3)28(24,25)18-9-7-17(26-4)8-10-18/h5-10,13H,11-12,14H2,1-4H3,(H,21,23). The summed E-state index contributed by atoms with van der Waals surface area (Å²) in [4.78, 5) is 12.2. The van der Waals surface area contributed by atoms with Crippen molar-refractivity contribution in [2.45, 2.75) is 18.7 Å². The van der Waals surface area contributed by atoms with Gasteiger partial charge in [-0.2, -0.15) is 4.31 Å². The lowest BCUT2D eigenvalue weighted by Crippen LogP contribution is -2.39. The van der Waals surface area contributed by atoms with Gasteiger partial charge in [-0.15, -0.1) is 0 Å². The zero-order chi connectivity index (χ0) is 20.7. The van der Waals surface area contributed by atoms with Gasteiger partial charge in [-0.25, -0.2) is 8.42 Å². The molecule has 0 saturated carbocycles. The molecule has 0 radical (unpaired) electrons. The second-order valence-electron chi connectivity index (χ2n) is 6.40. The van der Waals surface area contributed by atoms with Gasteiger partial charge in [0, 0.05) is 7.05 Å². The molecule has 0 bridgehead atoms. The van der Waals surface area contributed by atoms with Crippen molar-refractivity contribution in [3.63, 3.8) is 0 Å². The second kappa shape index (κ2) is 9.57. The number of amides is 1. The third-order valence-electron chi connectivity index (χ3n) is 4.16. The van der Waals surface area contributed by atoms with Crippen LogP contribution in [0.1, 0.15) is 11.1 Å². The van der Waals surface area contributed by atoms with E-state index in [1.807, 2.05) is 32.0 Å². The normalized spacial score (nSPS) is 11.3. The maximum absolute atomic E-state index is 12.5. The highest BCUT2D eigenvalue weighted by Crippen LogP contribution is 2.19. The topological polar surface area (TPSA) is 84.9 Å². The van der Waals surface area contributed by atoms with Gasteiger partial charge in [0.15, 0.2) is 0 Å². The van der Waals surface area contributed by atoms with Crippen molar-refractivity contribution in [2.75, 3.05) is 33.9 Å². The Hall–Kier alpha value is -2.58. The molecule has 2 aromatic rings. The van der Waals surface area contributed by atoms with Crippen LogP contribution in [-0.2, 0) is 14.8 Å². The van der Waals surface area contributed by atoms with Crippen molar-refractivity contribution in [2.24, 2.45) is 0 Å². The predicted octanol–water partition coefficient (Wildman–Crippen LogP) is 2.13. The zero-order valence-electron chi connectivity index (χ0n) is 16.6. The van der Waals surface area contributed by atoms with Gasteiger partial charge in [-0.05, 0) is 55.3 Å². The number of nitrogens with one attached hydrogen (secondary N) is 1. The van der Waals surface area contributed by atoms with Gasteiger partial charge in [0.25, 0.3) is 0 Å². The van der Waals surface area contributed by atoms with Gasteiger partial charge < -0.3 is 14.8 Å². The molecule has 1 amide bonds. The Morgan fingerprint density at radius 2 is 1.79 bits per heavy atom. The molecule has 0 unspecified atom stereocenters. The van der Waals surface area contributed by atoms with Crippen molar-refractivity contribution >= 4 is 15.9 Å². The Balaban J connectivity index is 1.83. The number of carbonyl (C=O) groups is 1. The molecule has 152 valence electrons. The van der Waals surface area contributed by atoms with Gasteiger partial charge in [-0.3, -0.25) is 4.79 Å². The van der Waals surface area contributed by atoms with Crippen LogP contribution in [-0.4, -0.2) is 52.5 Å². The van der Waals surface area contributed by atoms with Gasteiger partial charge in [0.2, 0.25) is 15.9 Å². The molecule has 2 aromatic carbocycles. The molecule has 8 heteroatoms. The summed E-state index contributed by atoms with van der Waals surface area (Å²) in [5.41, 5.74) is 2.11. The highest BCUT2D eigenvalue weighted by Gasteiger charge is 2.22. The van der Waals surface area contributed by atoms with Crippen LogP contribution in [0, 0.1) is 13.8 Å². The van der Waals surface area contributed by atoms with Crippen molar-refractivity contribution in [1.29, 1.82) is 0 Å². The van der Waals surface area contributed by atoms with E-state index in [1.54, 1.807) is 12.1 Å². The van der Waals surface area contributed by atoms with E-state index in [-0.39, 0.29) is 18.0 Å². The first kappa shape index (κ1) is 21.7. The fourth-order valence-electron chi connectivity index (χ4n) is 2.49. The lowest BCUT2D eigenvalue weighted by atomic mass is 10.1. The minimum Gasteiger partial charge on any atom is -0.497 e. The van der Waals surface area contributed by atoms with E-state index in [9.17, 15) is 13.2 Å². The van der Waals surface area contributed by atoms with Crippen LogP contribution in [0.15, 0.2) is 47.4 Å². The molecule has 0 saturated heterocycles. The summed E-state index contributed by atoms with van der Waals surface area (Å²) in [6, 6.07) is 11.9. The highest BCUT2D eigenvalue weighted by atomic mass is 32.2. The number of methoxy groups -OCH3 is 1. The number of ether oxygens (including phenoxy) is 2. The van der Waals surface area contributed by atoms with Crippen LogP contribution in [0.2, 0.25) is 0 Å². The Morgan fingerprint density at radius 1 is 1.11 bits per heavy atom. The number of hydrogen-bond acceptors (Lipinski definition) is 5. The number of nitrogens with zero attached hydrogens (tertiary/aromatic N) is 1. The Morgan fingerprint density at radius 3 is 2.43 bits per heavy atom. The van der Waals surface area contributed by atoms with Gasteiger partial charge in [0.05, 0.1) is 25.1 Å². The maximum atomic E-state index is 12.5. The molecule has 7 nitrogen and oxygen atoms in total. The summed E-state index contributed by atoms with van der Waals surface area (Å²) in [6.07, 6.45) is 0. The molecule has 0 spiro atoms. The van der Waals surface area contributed by atoms with Crippen LogP contribution >= 0.6 is 0 Å². The predicted molar refractivity (Wildman–Crippen MR) is 107 cm³/mol. The van der Waals surface area contributed by atoms with Gasteiger partial charge in [-0.1, -0.05) is 12.1 Å². The van der Waals surface area contributed by atoms with E-state index in [2.05, 4.69) is 5.32 Å². The minimum absolute atomic E-state index is 0.0989. The molecular weight excluding hydrogens is 380 g/mol.